The third-order valence-electron chi connectivity index (χ3n) is 5.82. The first kappa shape index (κ1) is 22.6. The van der Waals surface area contributed by atoms with Crippen molar-refractivity contribution in [2.75, 3.05) is 5.32 Å². The number of aromatic nitrogens is 2. The molecule has 0 saturated heterocycles. The van der Waals surface area contributed by atoms with Crippen LogP contribution in [0.4, 0.5) is 21.7 Å². The maximum absolute atomic E-state index is 15.1. The van der Waals surface area contributed by atoms with Crippen molar-refractivity contribution in [2.24, 2.45) is 4.99 Å². The van der Waals surface area contributed by atoms with Crippen molar-refractivity contribution in [1.29, 1.82) is 0 Å². The first-order valence-corrected chi connectivity index (χ1v) is 11.3. The quantitative estimate of drug-likeness (QED) is 0.256. The fourth-order valence-corrected chi connectivity index (χ4v) is 4.29. The number of aliphatic imine (C=N–C) groups is 1. The van der Waals surface area contributed by atoms with E-state index < -0.39 is 4.92 Å². The molecule has 1 aliphatic heterocycles. The number of nitro groups is 1. The van der Waals surface area contributed by atoms with E-state index in [4.69, 9.17) is 21.6 Å². The van der Waals surface area contributed by atoms with Gasteiger partial charge < -0.3 is 5.32 Å². The third-order valence-corrected chi connectivity index (χ3v) is 6.05. The molecule has 0 unspecified atom stereocenters. The van der Waals surface area contributed by atoms with Crippen molar-refractivity contribution < 1.29 is 9.31 Å². The zero-order chi connectivity index (χ0) is 24.5. The Hall–Kier alpha value is -4.17. The zero-order valence-corrected chi connectivity index (χ0v) is 19.4. The van der Waals surface area contributed by atoms with E-state index in [1.54, 1.807) is 36.5 Å². The lowest BCUT2D eigenvalue weighted by Crippen LogP contribution is -2.11. The van der Waals surface area contributed by atoms with Crippen molar-refractivity contribution in [2.45, 2.75) is 19.9 Å². The Kier molecular flexibility index (Phi) is 5.96. The van der Waals surface area contributed by atoms with Crippen molar-refractivity contribution in [3.63, 3.8) is 0 Å². The molecule has 0 saturated carbocycles. The second-order valence-electron chi connectivity index (χ2n) is 7.98. The number of fused-ring (bicyclic) bond motifs is 3. The van der Waals surface area contributed by atoms with Gasteiger partial charge in [0, 0.05) is 51.3 Å². The zero-order valence-electron chi connectivity index (χ0n) is 18.6. The largest absolute Gasteiger partial charge is 0.324 e. The van der Waals surface area contributed by atoms with E-state index in [1.807, 2.05) is 19.1 Å². The number of hydrogen-bond acceptors (Lipinski definition) is 6. The van der Waals surface area contributed by atoms with Gasteiger partial charge in [0.2, 0.25) is 5.95 Å². The molecule has 1 aromatic heterocycles. The van der Waals surface area contributed by atoms with Gasteiger partial charge in [0.25, 0.3) is 5.69 Å². The van der Waals surface area contributed by atoms with Crippen molar-refractivity contribution in [3.8, 4) is 11.3 Å². The van der Waals surface area contributed by atoms with Gasteiger partial charge in [-0.3, -0.25) is 15.1 Å². The van der Waals surface area contributed by atoms with Gasteiger partial charge in [0.1, 0.15) is 5.82 Å². The Morgan fingerprint density at radius 1 is 1.11 bits per heavy atom. The second-order valence-corrected chi connectivity index (χ2v) is 8.42. The van der Waals surface area contributed by atoms with Gasteiger partial charge >= 0.3 is 0 Å². The van der Waals surface area contributed by atoms with E-state index >= 15 is 4.39 Å². The van der Waals surface area contributed by atoms with Crippen LogP contribution in [0.5, 0.6) is 0 Å². The van der Waals surface area contributed by atoms with Gasteiger partial charge in [0.15, 0.2) is 0 Å². The molecule has 9 heteroatoms. The molecule has 1 aliphatic rings. The number of benzene rings is 3. The SMILES string of the molecule is CCc1cccc(F)c1C1=NCc2cnc(Nc3ccc([N+](=O)[O-])cc3)nc2-c2ccc(Cl)cc21. The Morgan fingerprint density at radius 3 is 2.66 bits per heavy atom. The first-order chi connectivity index (χ1) is 16.9. The van der Waals surface area contributed by atoms with Crippen molar-refractivity contribution >= 4 is 34.6 Å². The van der Waals surface area contributed by atoms with Gasteiger partial charge in [-0.1, -0.05) is 36.7 Å². The fraction of sp³-hybridized carbons (Fsp3) is 0.115. The van der Waals surface area contributed by atoms with Crippen molar-refractivity contribution in [3.05, 3.63) is 110 Å². The number of aryl methyl sites for hydroxylation is 1. The first-order valence-electron chi connectivity index (χ1n) is 10.9. The van der Waals surface area contributed by atoms with E-state index in [1.165, 1.54) is 18.2 Å². The highest BCUT2D eigenvalue weighted by Gasteiger charge is 2.24. The number of hydrogen-bond donors (Lipinski definition) is 1. The number of halogens is 2. The maximum atomic E-state index is 15.1. The molecule has 0 atom stereocenters. The summed E-state index contributed by atoms with van der Waals surface area (Å²) in [5, 5.41) is 14.5. The summed E-state index contributed by atoms with van der Waals surface area (Å²) in [7, 11) is 0. The van der Waals surface area contributed by atoms with E-state index in [9.17, 15) is 10.1 Å². The molecule has 2 heterocycles. The summed E-state index contributed by atoms with van der Waals surface area (Å²) in [5.74, 6) is -0.0197. The molecule has 174 valence electrons. The van der Waals surface area contributed by atoms with Crippen LogP contribution >= 0.6 is 11.6 Å². The summed E-state index contributed by atoms with van der Waals surface area (Å²) >= 11 is 6.36. The second kappa shape index (κ2) is 9.23. The van der Waals surface area contributed by atoms with Crippen LogP contribution in [0.3, 0.4) is 0 Å². The van der Waals surface area contributed by atoms with Crippen LogP contribution in [0.25, 0.3) is 11.3 Å². The molecule has 4 aromatic rings. The Morgan fingerprint density at radius 2 is 1.91 bits per heavy atom. The molecular weight excluding hydrogens is 469 g/mol. The van der Waals surface area contributed by atoms with E-state index in [-0.39, 0.29) is 18.0 Å². The summed E-state index contributed by atoms with van der Waals surface area (Å²) in [5.41, 5.74) is 5.34. The Balaban J connectivity index is 1.60. The molecule has 0 radical (unpaired) electrons. The average molecular weight is 488 g/mol. The predicted octanol–water partition coefficient (Wildman–Crippen LogP) is 6.50. The topological polar surface area (TPSA) is 93.3 Å². The monoisotopic (exact) mass is 487 g/mol. The number of non-ortho nitro benzene ring substituents is 1. The molecule has 0 bridgehead atoms. The average Bonchev–Trinajstić information content (AvgIpc) is 3.00. The highest BCUT2D eigenvalue weighted by atomic mass is 35.5. The summed E-state index contributed by atoms with van der Waals surface area (Å²) in [6.45, 7) is 2.25. The smallest absolute Gasteiger partial charge is 0.269 e. The number of anilines is 2. The molecule has 5 rings (SSSR count). The molecular formula is C26H19ClFN5O2. The molecule has 1 N–H and O–H groups in total. The lowest BCUT2D eigenvalue weighted by atomic mass is 9.92. The number of nitrogens with one attached hydrogen (secondary N) is 1. The van der Waals surface area contributed by atoms with Gasteiger partial charge in [-0.15, -0.1) is 0 Å². The summed E-state index contributed by atoms with van der Waals surface area (Å²) in [6.07, 6.45) is 2.33. The molecule has 7 nitrogen and oxygen atoms in total. The van der Waals surface area contributed by atoms with Gasteiger partial charge in [0.05, 0.1) is 22.9 Å². The molecule has 35 heavy (non-hydrogen) atoms. The van der Waals surface area contributed by atoms with Crippen LogP contribution in [0.2, 0.25) is 5.02 Å². The van der Waals surface area contributed by atoms with Crippen LogP contribution < -0.4 is 5.32 Å². The molecule has 0 spiro atoms. The maximum Gasteiger partial charge on any atom is 0.269 e. The van der Waals surface area contributed by atoms with Crippen LogP contribution in [0, 0.1) is 15.9 Å². The lowest BCUT2D eigenvalue weighted by molar-refractivity contribution is -0.384. The lowest BCUT2D eigenvalue weighted by Gasteiger charge is -2.15. The Labute approximate surface area is 205 Å². The minimum atomic E-state index is -0.456. The summed E-state index contributed by atoms with van der Waals surface area (Å²) < 4.78 is 15.1. The highest BCUT2D eigenvalue weighted by Crippen LogP contribution is 2.35. The normalized spacial score (nSPS) is 12.3. The molecule has 0 fully saturated rings. The van der Waals surface area contributed by atoms with Gasteiger partial charge in [-0.25, -0.2) is 14.4 Å². The van der Waals surface area contributed by atoms with E-state index in [0.29, 0.717) is 45.6 Å². The summed E-state index contributed by atoms with van der Waals surface area (Å²) in [6, 6.07) is 16.4. The van der Waals surface area contributed by atoms with Gasteiger partial charge in [-0.2, -0.15) is 0 Å². The van der Waals surface area contributed by atoms with E-state index in [2.05, 4.69) is 10.3 Å². The van der Waals surface area contributed by atoms with Crippen LogP contribution in [0.1, 0.15) is 29.2 Å². The third kappa shape index (κ3) is 4.36. The van der Waals surface area contributed by atoms with E-state index in [0.717, 1.165) is 16.7 Å². The standard InChI is InChI=1S/C26H19ClFN5O2/c1-2-15-4-3-5-22(28)23(15)25-21-12-17(27)6-11-20(21)24-16(13-29-25)14-30-26(32-24)31-18-7-9-19(10-8-18)33(34)35/h3-12,14H,2,13H2,1H3,(H,30,31,32). The van der Waals surface area contributed by atoms with Crippen LogP contribution in [-0.2, 0) is 13.0 Å². The highest BCUT2D eigenvalue weighted by molar-refractivity contribution is 6.31. The fourth-order valence-electron chi connectivity index (χ4n) is 4.12. The van der Waals surface area contributed by atoms with Gasteiger partial charge in [-0.05, 0) is 42.3 Å². The number of rotatable bonds is 5. The van der Waals surface area contributed by atoms with Crippen molar-refractivity contribution in [1.82, 2.24) is 9.97 Å². The minimum absolute atomic E-state index is 0.00604. The Bertz CT molecular complexity index is 1490. The number of nitro benzene ring substituents is 1. The summed E-state index contributed by atoms with van der Waals surface area (Å²) in [4.78, 5) is 24.4. The molecule has 0 aliphatic carbocycles. The van der Waals surface area contributed by atoms with Crippen LogP contribution in [0.15, 0.2) is 71.9 Å². The number of nitrogens with zero attached hydrogens (tertiary/aromatic N) is 4. The predicted molar refractivity (Wildman–Crippen MR) is 134 cm³/mol. The van der Waals surface area contributed by atoms with Crippen LogP contribution in [-0.4, -0.2) is 20.6 Å². The molecule has 3 aromatic carbocycles. The minimum Gasteiger partial charge on any atom is -0.324 e. The molecule has 0 amide bonds.